The minimum absolute atomic E-state index is 0.578. The fraction of sp³-hybridized carbons (Fsp3) is 0. The van der Waals surface area contributed by atoms with Gasteiger partial charge in [-0.05, 0) is 68.4 Å². The van der Waals surface area contributed by atoms with Gasteiger partial charge in [0.25, 0.3) is 0 Å². The number of furan rings is 1. The average molecular weight is 678 g/mol. The Morgan fingerprint density at radius 2 is 0.849 bits per heavy atom. The van der Waals surface area contributed by atoms with Crippen LogP contribution in [-0.4, -0.2) is 15.0 Å². The molecule has 0 saturated heterocycles. The Morgan fingerprint density at radius 1 is 0.302 bits per heavy atom. The van der Waals surface area contributed by atoms with E-state index in [-0.39, 0.29) is 0 Å². The van der Waals surface area contributed by atoms with Crippen molar-refractivity contribution in [1.29, 1.82) is 0 Å². The van der Waals surface area contributed by atoms with Gasteiger partial charge < -0.3 is 4.42 Å². The predicted octanol–water partition coefficient (Wildman–Crippen LogP) is 12.9. The minimum atomic E-state index is 0.578. The molecule has 0 radical (unpaired) electrons. The van der Waals surface area contributed by atoms with Gasteiger partial charge in [0.2, 0.25) is 0 Å². The molecule has 0 saturated carbocycles. The van der Waals surface area contributed by atoms with E-state index >= 15 is 0 Å². The van der Waals surface area contributed by atoms with Crippen molar-refractivity contribution in [3.8, 4) is 67.5 Å². The number of fused-ring (bicyclic) bond motifs is 4. The van der Waals surface area contributed by atoms with Gasteiger partial charge >= 0.3 is 0 Å². The van der Waals surface area contributed by atoms with Crippen LogP contribution in [0.5, 0.6) is 0 Å². The lowest BCUT2D eigenvalue weighted by Crippen LogP contribution is -2.01. The first-order valence-corrected chi connectivity index (χ1v) is 17.8. The SMILES string of the molecule is c1ccc(-c2ccccc2-c2nc(-c3cccc(-c4cccc5ccccc45)c3)nc(-c3ccc4c(c3)oc3cccc(-c5ccccc5)c34)n2)cc1. The van der Waals surface area contributed by atoms with Crippen LogP contribution in [0.25, 0.3) is 100 Å². The number of nitrogens with zero attached hydrogens (tertiary/aromatic N) is 3. The Labute approximate surface area is 306 Å². The first kappa shape index (κ1) is 30.6. The summed E-state index contributed by atoms with van der Waals surface area (Å²) in [6.07, 6.45) is 0. The second-order valence-electron chi connectivity index (χ2n) is 13.2. The van der Waals surface area contributed by atoms with E-state index in [0.29, 0.717) is 17.5 Å². The summed E-state index contributed by atoms with van der Waals surface area (Å²) in [5.74, 6) is 1.79. The maximum absolute atomic E-state index is 6.51. The zero-order chi connectivity index (χ0) is 35.1. The molecule has 248 valence electrons. The molecule has 0 aliphatic rings. The second kappa shape index (κ2) is 12.9. The molecule has 0 spiro atoms. The highest BCUT2D eigenvalue weighted by Crippen LogP contribution is 2.39. The summed E-state index contributed by atoms with van der Waals surface area (Å²) in [6.45, 7) is 0. The van der Waals surface area contributed by atoms with Gasteiger partial charge in [0, 0.05) is 27.5 Å². The van der Waals surface area contributed by atoms with Crippen LogP contribution in [-0.2, 0) is 0 Å². The molecule has 0 N–H and O–H groups in total. The van der Waals surface area contributed by atoms with E-state index in [1.807, 2.05) is 24.3 Å². The van der Waals surface area contributed by atoms with E-state index in [0.717, 1.165) is 66.4 Å². The highest BCUT2D eigenvalue weighted by atomic mass is 16.3. The van der Waals surface area contributed by atoms with Crippen LogP contribution < -0.4 is 0 Å². The molecular formula is C49H31N3O. The highest BCUT2D eigenvalue weighted by molar-refractivity contribution is 6.13. The first-order chi connectivity index (χ1) is 26.3. The minimum Gasteiger partial charge on any atom is -0.456 e. The van der Waals surface area contributed by atoms with Crippen LogP contribution in [0.4, 0.5) is 0 Å². The van der Waals surface area contributed by atoms with Gasteiger partial charge in [-0.3, -0.25) is 0 Å². The van der Waals surface area contributed by atoms with E-state index in [2.05, 4.69) is 164 Å². The monoisotopic (exact) mass is 677 g/mol. The van der Waals surface area contributed by atoms with Crippen LogP contribution in [0.15, 0.2) is 192 Å². The first-order valence-electron chi connectivity index (χ1n) is 17.8. The lowest BCUT2D eigenvalue weighted by molar-refractivity contribution is 0.669. The fourth-order valence-electron chi connectivity index (χ4n) is 7.43. The zero-order valence-corrected chi connectivity index (χ0v) is 28.6. The molecule has 53 heavy (non-hydrogen) atoms. The van der Waals surface area contributed by atoms with Crippen molar-refractivity contribution >= 4 is 32.7 Å². The molecule has 0 aliphatic carbocycles. The average Bonchev–Trinajstić information content (AvgIpc) is 3.62. The van der Waals surface area contributed by atoms with E-state index < -0.39 is 0 Å². The second-order valence-corrected chi connectivity index (χ2v) is 13.2. The molecular weight excluding hydrogens is 647 g/mol. The predicted molar refractivity (Wildman–Crippen MR) is 217 cm³/mol. The third-order valence-electron chi connectivity index (χ3n) is 9.95. The van der Waals surface area contributed by atoms with Gasteiger partial charge in [0.1, 0.15) is 11.2 Å². The molecule has 0 atom stereocenters. The molecule has 0 fully saturated rings. The standard InChI is InChI=1S/C49H31N3O/c1-3-14-32(15-4-1)39-23-9-10-24-42(39)49-51-47(36-21-11-20-35(30-36)40-25-12-19-33-18-7-8-22-38(33)40)50-48(52-49)37-28-29-43-45(31-37)53-44-27-13-26-41(46(43)44)34-16-5-2-6-17-34/h1-31H. The lowest BCUT2D eigenvalue weighted by atomic mass is 9.97. The zero-order valence-electron chi connectivity index (χ0n) is 28.6. The quantitative estimate of drug-likeness (QED) is 0.176. The van der Waals surface area contributed by atoms with Gasteiger partial charge in [-0.1, -0.05) is 164 Å². The number of rotatable bonds is 6. The highest BCUT2D eigenvalue weighted by Gasteiger charge is 2.18. The molecule has 4 nitrogen and oxygen atoms in total. The molecule has 0 amide bonds. The summed E-state index contributed by atoms with van der Waals surface area (Å²) in [4.78, 5) is 15.5. The van der Waals surface area contributed by atoms with E-state index in [9.17, 15) is 0 Å². The van der Waals surface area contributed by atoms with Crippen molar-refractivity contribution in [2.45, 2.75) is 0 Å². The van der Waals surface area contributed by atoms with Crippen molar-refractivity contribution in [3.63, 3.8) is 0 Å². The van der Waals surface area contributed by atoms with Crippen molar-refractivity contribution in [3.05, 3.63) is 188 Å². The maximum atomic E-state index is 6.51. The molecule has 2 aromatic heterocycles. The van der Waals surface area contributed by atoms with Gasteiger partial charge in [-0.2, -0.15) is 0 Å². The third kappa shape index (κ3) is 5.54. The Kier molecular flexibility index (Phi) is 7.43. The number of aromatic nitrogens is 3. The molecule has 4 heteroatoms. The summed E-state index contributed by atoms with van der Waals surface area (Å²) < 4.78 is 6.51. The van der Waals surface area contributed by atoms with Crippen LogP contribution in [0.2, 0.25) is 0 Å². The normalized spacial score (nSPS) is 11.4. The van der Waals surface area contributed by atoms with E-state index in [1.54, 1.807) is 0 Å². The molecule has 10 aromatic rings. The Hall–Kier alpha value is -7.17. The maximum Gasteiger partial charge on any atom is 0.164 e. The van der Waals surface area contributed by atoms with Crippen molar-refractivity contribution in [2.75, 3.05) is 0 Å². The summed E-state index contributed by atoms with van der Waals surface area (Å²) in [5, 5.41) is 4.55. The smallest absolute Gasteiger partial charge is 0.164 e. The lowest BCUT2D eigenvalue weighted by Gasteiger charge is -2.13. The molecule has 10 rings (SSSR count). The molecule has 2 heterocycles. The van der Waals surface area contributed by atoms with Gasteiger partial charge in [0.15, 0.2) is 17.5 Å². The van der Waals surface area contributed by atoms with Gasteiger partial charge in [-0.25, -0.2) is 15.0 Å². The summed E-state index contributed by atoms with van der Waals surface area (Å²) >= 11 is 0. The Morgan fingerprint density at radius 3 is 1.66 bits per heavy atom. The molecule has 0 unspecified atom stereocenters. The van der Waals surface area contributed by atoms with Crippen molar-refractivity contribution < 1.29 is 4.42 Å². The van der Waals surface area contributed by atoms with Crippen LogP contribution >= 0.6 is 0 Å². The van der Waals surface area contributed by atoms with Gasteiger partial charge in [0.05, 0.1) is 0 Å². The van der Waals surface area contributed by atoms with Crippen LogP contribution in [0.3, 0.4) is 0 Å². The van der Waals surface area contributed by atoms with Crippen molar-refractivity contribution in [1.82, 2.24) is 15.0 Å². The largest absolute Gasteiger partial charge is 0.456 e. The summed E-state index contributed by atoms with van der Waals surface area (Å²) in [6, 6.07) is 65.1. The Balaban J connectivity index is 1.16. The number of hydrogen-bond donors (Lipinski definition) is 0. The summed E-state index contributed by atoms with van der Waals surface area (Å²) in [7, 11) is 0. The third-order valence-corrected chi connectivity index (χ3v) is 9.95. The summed E-state index contributed by atoms with van der Waals surface area (Å²) in [5.41, 5.74) is 11.0. The van der Waals surface area contributed by atoms with E-state index in [4.69, 9.17) is 19.4 Å². The molecule has 0 bridgehead atoms. The van der Waals surface area contributed by atoms with Crippen LogP contribution in [0.1, 0.15) is 0 Å². The van der Waals surface area contributed by atoms with Gasteiger partial charge in [-0.15, -0.1) is 0 Å². The number of benzene rings is 8. The molecule has 8 aromatic carbocycles. The van der Waals surface area contributed by atoms with Crippen LogP contribution in [0, 0.1) is 0 Å². The van der Waals surface area contributed by atoms with E-state index in [1.165, 1.54) is 16.3 Å². The molecule has 0 aliphatic heterocycles. The Bertz CT molecular complexity index is 2940. The number of hydrogen-bond acceptors (Lipinski definition) is 4. The topological polar surface area (TPSA) is 51.8 Å². The fourth-order valence-corrected chi connectivity index (χ4v) is 7.43. The van der Waals surface area contributed by atoms with Crippen molar-refractivity contribution in [2.24, 2.45) is 0 Å².